The second-order valence-electron chi connectivity index (χ2n) is 5.49. The molecule has 1 aromatic rings. The molecule has 0 fully saturated rings. The van der Waals surface area contributed by atoms with Crippen LogP contribution in [-0.2, 0) is 24.1 Å². The molecule has 1 rings (SSSR count). The van der Waals surface area contributed by atoms with Crippen molar-refractivity contribution in [3.63, 3.8) is 0 Å². The van der Waals surface area contributed by atoms with Gasteiger partial charge in [-0.1, -0.05) is 0 Å². The van der Waals surface area contributed by atoms with E-state index in [-0.39, 0.29) is 61.5 Å². The van der Waals surface area contributed by atoms with Gasteiger partial charge in [0.2, 0.25) is 0 Å². The summed E-state index contributed by atoms with van der Waals surface area (Å²) in [7, 11) is -2.33. The van der Waals surface area contributed by atoms with Crippen molar-refractivity contribution in [3.8, 4) is 11.5 Å². The lowest BCUT2D eigenvalue weighted by Gasteiger charge is -2.10. The molecule has 0 aliphatic carbocycles. The summed E-state index contributed by atoms with van der Waals surface area (Å²) in [5.41, 5.74) is 0. The molecule has 0 unspecified atom stereocenters. The minimum Gasteiger partial charge on any atom is -0.508 e. The Hall–Kier alpha value is -2.05. The Morgan fingerprint density at radius 3 is 2.39 bits per heavy atom. The minimum atomic E-state index is -4.92. The zero-order chi connectivity index (χ0) is 21.2. The lowest BCUT2D eigenvalue weighted by molar-refractivity contribution is -0.173. The lowest BCUT2D eigenvalue weighted by Crippen LogP contribution is -2.38. The maximum absolute atomic E-state index is 12.3. The number of phenolic OH excluding ortho intramolecular Hbond substituents is 1. The molecule has 2 N–H and O–H groups in total. The monoisotopic (exact) mass is 429 g/mol. The molecule has 0 saturated carbocycles. The van der Waals surface area contributed by atoms with E-state index >= 15 is 0 Å². The summed E-state index contributed by atoms with van der Waals surface area (Å²) >= 11 is 0. The Labute approximate surface area is 160 Å². The van der Waals surface area contributed by atoms with Crippen LogP contribution in [0.25, 0.3) is 0 Å². The minimum absolute atomic E-state index is 0.0305. The van der Waals surface area contributed by atoms with Crippen LogP contribution in [-0.4, -0.2) is 71.4 Å². The van der Waals surface area contributed by atoms with Crippen molar-refractivity contribution in [2.75, 3.05) is 45.8 Å². The summed E-state index contributed by atoms with van der Waals surface area (Å²) in [4.78, 5) is 10.5. The first-order valence-electron chi connectivity index (χ1n) is 8.18. The highest BCUT2D eigenvalue weighted by atomic mass is 32.2. The van der Waals surface area contributed by atoms with Crippen molar-refractivity contribution in [1.82, 2.24) is 5.32 Å². The molecule has 8 nitrogen and oxygen atoms in total. The van der Waals surface area contributed by atoms with E-state index in [1.54, 1.807) is 5.32 Å². The Morgan fingerprint density at radius 2 is 1.79 bits per heavy atom. The van der Waals surface area contributed by atoms with Gasteiger partial charge in [0.1, 0.15) is 16.4 Å². The quantitative estimate of drug-likeness (QED) is 0.482. The summed E-state index contributed by atoms with van der Waals surface area (Å²) < 4.78 is 75.5. The van der Waals surface area contributed by atoms with Gasteiger partial charge in [-0.15, -0.1) is 0 Å². The van der Waals surface area contributed by atoms with Crippen LogP contribution < -0.4 is 10.1 Å². The van der Waals surface area contributed by atoms with Gasteiger partial charge in [0.15, 0.2) is 9.84 Å². The first-order chi connectivity index (χ1) is 13.1. The molecule has 12 heteroatoms. The second-order valence-corrected chi connectivity index (χ2v) is 7.56. The van der Waals surface area contributed by atoms with Crippen LogP contribution in [0.3, 0.4) is 0 Å². The summed E-state index contributed by atoms with van der Waals surface area (Å²) in [6, 6.07) is 3.72. The maximum Gasteiger partial charge on any atom is 0.471 e. The summed E-state index contributed by atoms with van der Waals surface area (Å²) in [6.45, 7) is -0.0602. The number of carbonyl (C=O) groups excluding carboxylic acids is 1. The molecule has 1 aromatic carbocycles. The van der Waals surface area contributed by atoms with Crippen molar-refractivity contribution in [2.45, 2.75) is 17.5 Å². The maximum atomic E-state index is 12.3. The van der Waals surface area contributed by atoms with E-state index in [1.807, 2.05) is 0 Å². The summed E-state index contributed by atoms with van der Waals surface area (Å²) in [5, 5.41) is 11.0. The van der Waals surface area contributed by atoms with Gasteiger partial charge in [-0.25, -0.2) is 8.42 Å². The SMILES string of the molecule is COc1cc(O)ccc1S(=O)(=O)CCCOCCOCCNC(=O)C(F)(F)F. The summed E-state index contributed by atoms with van der Waals surface area (Å²) in [6.07, 6.45) is -4.72. The molecule has 0 saturated heterocycles. The number of hydrogen-bond acceptors (Lipinski definition) is 7. The molecule has 0 aliphatic rings. The number of nitrogens with one attached hydrogen (secondary N) is 1. The van der Waals surface area contributed by atoms with Gasteiger partial charge < -0.3 is 24.6 Å². The second kappa shape index (κ2) is 11.1. The number of halogens is 3. The van der Waals surface area contributed by atoms with Crippen LogP contribution in [0.1, 0.15) is 6.42 Å². The fraction of sp³-hybridized carbons (Fsp3) is 0.562. The van der Waals surface area contributed by atoms with Gasteiger partial charge in [-0.3, -0.25) is 4.79 Å². The highest BCUT2D eigenvalue weighted by Gasteiger charge is 2.38. The first-order valence-corrected chi connectivity index (χ1v) is 9.83. The number of benzene rings is 1. The number of hydrogen-bond donors (Lipinski definition) is 2. The molecule has 0 bridgehead atoms. The Bertz CT molecular complexity index is 738. The molecule has 0 radical (unpaired) electrons. The number of rotatable bonds is 12. The Balaban J connectivity index is 2.18. The van der Waals surface area contributed by atoms with Crippen molar-refractivity contribution < 1.29 is 45.7 Å². The number of ether oxygens (including phenoxy) is 3. The number of sulfone groups is 1. The molecule has 0 spiro atoms. The topological polar surface area (TPSA) is 111 Å². The highest BCUT2D eigenvalue weighted by molar-refractivity contribution is 7.91. The van der Waals surface area contributed by atoms with Crippen LogP contribution >= 0.6 is 0 Å². The predicted molar refractivity (Wildman–Crippen MR) is 92.0 cm³/mol. The Kier molecular flexibility index (Phi) is 9.49. The molecule has 0 aromatic heterocycles. The van der Waals surface area contributed by atoms with E-state index in [1.165, 1.54) is 25.3 Å². The van der Waals surface area contributed by atoms with E-state index in [4.69, 9.17) is 14.2 Å². The van der Waals surface area contributed by atoms with Gasteiger partial charge in [0.25, 0.3) is 0 Å². The molecular formula is C16H22F3NO7S. The van der Waals surface area contributed by atoms with Gasteiger partial charge in [0, 0.05) is 19.2 Å². The standard InChI is InChI=1S/C16H22F3NO7S/c1-25-13-11-12(21)3-4-14(13)28(23,24)10-2-6-26-8-9-27-7-5-20-15(22)16(17,18)19/h3-4,11,21H,2,5-10H2,1H3,(H,20,22). The highest BCUT2D eigenvalue weighted by Crippen LogP contribution is 2.28. The van der Waals surface area contributed by atoms with Crippen LogP contribution in [0, 0.1) is 0 Å². The first kappa shape index (κ1) is 24.0. The fourth-order valence-corrected chi connectivity index (χ4v) is 3.48. The van der Waals surface area contributed by atoms with E-state index in [0.717, 1.165) is 0 Å². The average Bonchev–Trinajstić information content (AvgIpc) is 2.61. The molecule has 0 aliphatic heterocycles. The van der Waals surface area contributed by atoms with Crippen molar-refractivity contribution >= 4 is 15.7 Å². The largest absolute Gasteiger partial charge is 0.508 e. The van der Waals surface area contributed by atoms with E-state index in [2.05, 4.69) is 0 Å². The van der Waals surface area contributed by atoms with Crippen LogP contribution in [0.15, 0.2) is 23.1 Å². The van der Waals surface area contributed by atoms with Gasteiger partial charge in [0.05, 0.1) is 32.7 Å². The normalized spacial score (nSPS) is 12.0. The smallest absolute Gasteiger partial charge is 0.471 e. The number of carbonyl (C=O) groups is 1. The average molecular weight is 429 g/mol. The van der Waals surface area contributed by atoms with Gasteiger partial charge >= 0.3 is 12.1 Å². The number of phenols is 1. The predicted octanol–water partition coefficient (Wildman–Crippen LogP) is 1.28. The summed E-state index contributed by atoms with van der Waals surface area (Å²) in [5.74, 6) is -2.29. The molecule has 1 amide bonds. The third kappa shape index (κ3) is 8.31. The van der Waals surface area contributed by atoms with Gasteiger partial charge in [-0.05, 0) is 18.6 Å². The third-order valence-corrected chi connectivity index (χ3v) is 5.18. The van der Waals surface area contributed by atoms with E-state index < -0.39 is 21.9 Å². The van der Waals surface area contributed by atoms with Crippen molar-refractivity contribution in [3.05, 3.63) is 18.2 Å². The molecule has 28 heavy (non-hydrogen) atoms. The van der Waals surface area contributed by atoms with E-state index in [9.17, 15) is 31.5 Å². The third-order valence-electron chi connectivity index (χ3n) is 3.35. The molecular weight excluding hydrogens is 407 g/mol. The van der Waals surface area contributed by atoms with E-state index in [0.29, 0.717) is 0 Å². The number of aromatic hydroxyl groups is 1. The zero-order valence-electron chi connectivity index (χ0n) is 15.1. The van der Waals surface area contributed by atoms with Crippen LogP contribution in [0.5, 0.6) is 11.5 Å². The molecule has 0 atom stereocenters. The Morgan fingerprint density at radius 1 is 1.14 bits per heavy atom. The molecule has 0 heterocycles. The lowest BCUT2D eigenvalue weighted by atomic mass is 10.3. The number of methoxy groups -OCH3 is 1. The van der Waals surface area contributed by atoms with Crippen molar-refractivity contribution in [2.24, 2.45) is 0 Å². The zero-order valence-corrected chi connectivity index (χ0v) is 15.9. The van der Waals surface area contributed by atoms with Crippen LogP contribution in [0.4, 0.5) is 13.2 Å². The number of alkyl halides is 3. The number of amides is 1. The van der Waals surface area contributed by atoms with Gasteiger partial charge in [-0.2, -0.15) is 13.2 Å². The fourth-order valence-electron chi connectivity index (χ4n) is 2.03. The van der Waals surface area contributed by atoms with Crippen LogP contribution in [0.2, 0.25) is 0 Å². The van der Waals surface area contributed by atoms with Crippen molar-refractivity contribution in [1.29, 1.82) is 0 Å². The molecule has 160 valence electrons.